The van der Waals surface area contributed by atoms with Crippen molar-refractivity contribution in [2.45, 2.75) is 127 Å². The summed E-state index contributed by atoms with van der Waals surface area (Å²) >= 11 is 0. The molecule has 0 aromatic carbocycles. The van der Waals surface area contributed by atoms with Crippen molar-refractivity contribution in [2.75, 3.05) is 40.2 Å². The van der Waals surface area contributed by atoms with Crippen LogP contribution in [0.4, 0.5) is 0 Å². The highest BCUT2D eigenvalue weighted by Gasteiger charge is 2.35. The first kappa shape index (κ1) is 59.0. The number of hydrogen-bond acceptors (Lipinski definition) is 21. The predicted molar refractivity (Wildman–Crippen MR) is 202 cm³/mol. The summed E-state index contributed by atoms with van der Waals surface area (Å²) in [5.41, 5.74) is 0. The third-order valence-electron chi connectivity index (χ3n) is 7.11. The van der Waals surface area contributed by atoms with Crippen LogP contribution in [0.5, 0.6) is 0 Å². The molecule has 0 amide bonds. The molecule has 21 heteroatoms. The number of Topliss-reactive ketones (excluding diaryl/α,β-unsaturated/α-hetero) is 6. The van der Waals surface area contributed by atoms with Gasteiger partial charge in [0.2, 0.25) is 0 Å². The molecule has 0 spiro atoms. The van der Waals surface area contributed by atoms with Crippen LogP contribution in [0.3, 0.4) is 0 Å². The topological polar surface area (TPSA) is 288 Å². The highest BCUT2D eigenvalue weighted by molar-refractivity contribution is 6.21. The fraction of sp³-hybridized carbons (Fsp3) is 0.692. The van der Waals surface area contributed by atoms with Crippen molar-refractivity contribution in [1.29, 1.82) is 0 Å². The Morgan fingerprint density at radius 1 is 0.283 bits per heavy atom. The van der Waals surface area contributed by atoms with Gasteiger partial charge in [-0.2, -0.15) is 0 Å². The molecule has 0 saturated heterocycles. The second kappa shape index (κ2) is 36.8. The molecular formula is C39H60O21. The van der Waals surface area contributed by atoms with Gasteiger partial charge in [-0.1, -0.05) is 62.3 Å². The quantitative estimate of drug-likeness (QED) is 0.0434. The molecule has 0 saturated carbocycles. The van der Waals surface area contributed by atoms with Crippen molar-refractivity contribution < 1.29 is 100 Å². The van der Waals surface area contributed by atoms with E-state index in [2.05, 4.69) is 28.4 Å². The van der Waals surface area contributed by atoms with E-state index in [1.54, 1.807) is 41.5 Å². The van der Waals surface area contributed by atoms with Gasteiger partial charge in [0.1, 0.15) is 11.8 Å². The van der Waals surface area contributed by atoms with Gasteiger partial charge in [-0.3, -0.25) is 71.7 Å². The normalized spacial score (nSPS) is 10.2. The lowest BCUT2D eigenvalue weighted by Crippen LogP contribution is -2.39. The monoisotopic (exact) mass is 864 g/mol. The predicted octanol–water partition coefficient (Wildman–Crippen LogP) is 2.76. The number of carbonyl (C=O) groups excluding carboxylic acids is 12. The summed E-state index contributed by atoms with van der Waals surface area (Å²) in [4.78, 5) is 136. The van der Waals surface area contributed by atoms with E-state index in [1.807, 2.05) is 0 Å². The summed E-state index contributed by atoms with van der Waals surface area (Å²) in [7, 11) is 0. The van der Waals surface area contributed by atoms with Gasteiger partial charge < -0.3 is 28.4 Å². The van der Waals surface area contributed by atoms with Crippen LogP contribution in [0.15, 0.2) is 0 Å². The average Bonchev–Trinajstić information content (AvgIpc) is 3.25. The van der Waals surface area contributed by atoms with E-state index >= 15 is 0 Å². The fourth-order valence-electron chi connectivity index (χ4n) is 3.62. The van der Waals surface area contributed by atoms with E-state index in [9.17, 15) is 57.5 Å². The van der Waals surface area contributed by atoms with Crippen LogP contribution in [-0.4, -0.2) is 117 Å². The highest BCUT2D eigenvalue weighted by Crippen LogP contribution is 2.10. The summed E-state index contributed by atoms with van der Waals surface area (Å²) in [5.74, 6) is -9.93. The van der Waals surface area contributed by atoms with Gasteiger partial charge in [-0.05, 0) is 0 Å². The molecule has 0 aliphatic rings. The first-order valence-corrected chi connectivity index (χ1v) is 19.3. The van der Waals surface area contributed by atoms with Crippen molar-refractivity contribution in [3.05, 3.63) is 0 Å². The van der Waals surface area contributed by atoms with Crippen LogP contribution in [0.2, 0.25) is 0 Å². The van der Waals surface area contributed by atoms with E-state index in [0.717, 1.165) is 0 Å². The summed E-state index contributed by atoms with van der Waals surface area (Å²) < 4.78 is 42.8. The third-order valence-corrected chi connectivity index (χ3v) is 7.11. The molecular weight excluding hydrogens is 804 g/mol. The molecule has 0 N–H and O–H groups in total. The number of carbonyl (C=O) groups is 12. The van der Waals surface area contributed by atoms with Crippen molar-refractivity contribution in [3.63, 3.8) is 0 Å². The number of ketones is 6. The SMILES string of the molecule is CCC(=O)C(C(=O)CC)C(=O)CC.CCC(=O)OCC(=O)C(C(=O)COC(=O)CC)C(=O)COC(=O)CC.CCC(=O)OCOC(OCOC(=O)CC)OCOC(=O)CC. The smallest absolute Gasteiger partial charge is 0.307 e. The molecule has 0 bridgehead atoms. The zero-order chi connectivity index (χ0) is 46.6. The summed E-state index contributed by atoms with van der Waals surface area (Å²) in [6.45, 7) is 9.50. The van der Waals surface area contributed by atoms with Gasteiger partial charge in [0, 0.05) is 57.8 Å². The third kappa shape index (κ3) is 29.0. The Bertz CT molecular complexity index is 1250. The number of rotatable bonds is 30. The lowest BCUT2D eigenvalue weighted by Gasteiger charge is -2.18. The molecule has 0 fully saturated rings. The van der Waals surface area contributed by atoms with Crippen molar-refractivity contribution in [3.8, 4) is 0 Å². The van der Waals surface area contributed by atoms with Crippen LogP contribution in [0.1, 0.15) is 120 Å². The Labute approximate surface area is 349 Å². The maximum absolute atomic E-state index is 12.1. The lowest BCUT2D eigenvalue weighted by atomic mass is 9.90. The minimum Gasteiger partial charge on any atom is -0.458 e. The number of hydrogen-bond donors (Lipinski definition) is 0. The van der Waals surface area contributed by atoms with Crippen molar-refractivity contribution in [1.82, 2.24) is 0 Å². The first-order chi connectivity index (χ1) is 28.4. The second-order valence-electron chi connectivity index (χ2n) is 11.5. The molecule has 0 aliphatic heterocycles. The lowest BCUT2D eigenvalue weighted by molar-refractivity contribution is -0.340. The number of esters is 6. The molecule has 21 nitrogen and oxygen atoms in total. The molecule has 342 valence electrons. The standard InChI is InChI=1S/C16H22O9.C13H22O9.C10H16O3/c1-4-13(20)23-7-10(17)16(11(18)8-24-14(21)5-2)12(19)9-25-15(22)6-3;1-4-10(14)17-7-20-13(21-8-18-11(15)5-2)22-9-19-12(16)6-3;1-4-7(11)10(8(12)5-2)9(13)6-3/h16H,4-9H2,1-3H3;13H,4-9H2,1-3H3;10H,4-6H2,1-3H3. The zero-order valence-corrected chi connectivity index (χ0v) is 35.9. The Kier molecular flexibility index (Phi) is 36.2. The molecule has 0 unspecified atom stereocenters. The van der Waals surface area contributed by atoms with Gasteiger partial charge in [-0.15, -0.1) is 0 Å². The van der Waals surface area contributed by atoms with Crippen LogP contribution in [-0.2, 0) is 100 Å². The molecule has 0 aromatic rings. The molecule has 0 radical (unpaired) electrons. The maximum Gasteiger partial charge on any atom is 0.307 e. The Morgan fingerprint density at radius 3 is 0.683 bits per heavy atom. The summed E-state index contributed by atoms with van der Waals surface area (Å²) in [6, 6.07) is 0. The van der Waals surface area contributed by atoms with Crippen LogP contribution < -0.4 is 0 Å². The zero-order valence-electron chi connectivity index (χ0n) is 35.9. The minimum atomic E-state index is -1.83. The Hall–Kier alpha value is -5.28. The first-order valence-electron chi connectivity index (χ1n) is 19.3. The van der Waals surface area contributed by atoms with Crippen molar-refractivity contribution >= 4 is 70.5 Å². The molecule has 0 rings (SSSR count). The van der Waals surface area contributed by atoms with Crippen molar-refractivity contribution in [2.24, 2.45) is 11.8 Å². The van der Waals surface area contributed by atoms with E-state index in [4.69, 9.17) is 14.2 Å². The summed E-state index contributed by atoms with van der Waals surface area (Å²) in [5, 5.41) is 0. The largest absolute Gasteiger partial charge is 0.458 e. The van der Waals surface area contributed by atoms with Crippen LogP contribution in [0.25, 0.3) is 0 Å². The van der Waals surface area contributed by atoms with Crippen LogP contribution >= 0.6 is 0 Å². The molecule has 60 heavy (non-hydrogen) atoms. The van der Waals surface area contributed by atoms with Gasteiger partial charge in [-0.25, -0.2) is 0 Å². The van der Waals surface area contributed by atoms with Gasteiger partial charge in [0.25, 0.3) is 6.48 Å². The minimum absolute atomic E-state index is 0.0159. The number of ether oxygens (including phenoxy) is 9. The highest BCUT2D eigenvalue weighted by atomic mass is 16.9. The molecule has 0 heterocycles. The average molecular weight is 865 g/mol. The molecule has 0 aromatic heterocycles. The maximum atomic E-state index is 12.1. The van der Waals surface area contributed by atoms with Gasteiger partial charge in [0.15, 0.2) is 74.9 Å². The van der Waals surface area contributed by atoms with E-state index in [1.165, 1.54) is 20.8 Å². The van der Waals surface area contributed by atoms with Gasteiger partial charge >= 0.3 is 35.8 Å². The Balaban J connectivity index is -0.000000851. The summed E-state index contributed by atoms with van der Waals surface area (Å²) in [6.07, 6.45) is 1.38. The molecule has 0 atom stereocenters. The van der Waals surface area contributed by atoms with Gasteiger partial charge in [0.05, 0.1) is 0 Å². The second-order valence-corrected chi connectivity index (χ2v) is 11.5. The Morgan fingerprint density at radius 2 is 0.483 bits per heavy atom. The van der Waals surface area contributed by atoms with E-state index < -0.39 is 112 Å². The van der Waals surface area contributed by atoms with E-state index in [-0.39, 0.29) is 75.1 Å². The van der Waals surface area contributed by atoms with E-state index in [0.29, 0.717) is 0 Å². The molecule has 0 aliphatic carbocycles. The fourth-order valence-corrected chi connectivity index (χ4v) is 3.62. The van der Waals surface area contributed by atoms with Crippen LogP contribution in [0, 0.1) is 11.8 Å².